The topological polar surface area (TPSA) is 59.1 Å². The summed E-state index contributed by atoms with van der Waals surface area (Å²) in [6, 6.07) is 19.2. The van der Waals surface area contributed by atoms with Crippen LogP contribution in [-0.4, -0.2) is 31.6 Å². The SMILES string of the molecule is Cc1ccc(C2=C(N3CCc4ccccc43)C(=O)N(c3ccc4c(c3)OCCO4)C2=O)c(C)c1. The predicted octanol–water partition coefficient (Wildman–Crippen LogP) is 4.42. The van der Waals surface area contributed by atoms with Gasteiger partial charge in [0.15, 0.2) is 11.5 Å². The highest BCUT2D eigenvalue weighted by Gasteiger charge is 2.44. The summed E-state index contributed by atoms with van der Waals surface area (Å²) in [4.78, 5) is 31.2. The van der Waals surface area contributed by atoms with Crippen LogP contribution in [-0.2, 0) is 16.0 Å². The summed E-state index contributed by atoms with van der Waals surface area (Å²) in [6.07, 6.45) is 0.825. The van der Waals surface area contributed by atoms with E-state index in [-0.39, 0.29) is 11.8 Å². The predicted molar refractivity (Wildman–Crippen MR) is 130 cm³/mol. The maximum absolute atomic E-state index is 14.0. The van der Waals surface area contributed by atoms with Crippen LogP contribution in [0.5, 0.6) is 11.5 Å². The fourth-order valence-corrected chi connectivity index (χ4v) is 5.08. The van der Waals surface area contributed by atoms with E-state index in [4.69, 9.17) is 9.47 Å². The minimum Gasteiger partial charge on any atom is -0.486 e. The van der Waals surface area contributed by atoms with Gasteiger partial charge >= 0.3 is 0 Å². The van der Waals surface area contributed by atoms with Crippen LogP contribution in [0.2, 0.25) is 0 Å². The molecule has 0 bridgehead atoms. The number of benzene rings is 3. The number of carbonyl (C=O) groups is 2. The smallest absolute Gasteiger partial charge is 0.282 e. The molecule has 0 unspecified atom stereocenters. The Labute approximate surface area is 198 Å². The number of aryl methyl sites for hydroxylation is 2. The number of fused-ring (bicyclic) bond motifs is 2. The van der Waals surface area contributed by atoms with Crippen LogP contribution in [0.15, 0.2) is 66.4 Å². The lowest BCUT2D eigenvalue weighted by Gasteiger charge is -2.23. The minimum absolute atomic E-state index is 0.326. The van der Waals surface area contributed by atoms with Gasteiger partial charge in [0.25, 0.3) is 11.8 Å². The second-order valence-electron chi connectivity index (χ2n) is 8.85. The number of para-hydroxylation sites is 1. The molecular formula is C28H24N2O4. The van der Waals surface area contributed by atoms with Crippen LogP contribution < -0.4 is 19.3 Å². The summed E-state index contributed by atoms with van der Waals surface area (Å²) in [5.41, 5.74) is 6.34. The average molecular weight is 453 g/mol. The molecule has 170 valence electrons. The zero-order chi connectivity index (χ0) is 23.4. The van der Waals surface area contributed by atoms with Gasteiger partial charge < -0.3 is 14.4 Å². The Morgan fingerprint density at radius 3 is 2.44 bits per heavy atom. The van der Waals surface area contributed by atoms with E-state index in [0.717, 1.165) is 28.8 Å². The monoisotopic (exact) mass is 452 g/mol. The van der Waals surface area contributed by atoms with Gasteiger partial charge in [0.2, 0.25) is 0 Å². The fraction of sp³-hybridized carbons (Fsp3) is 0.214. The van der Waals surface area contributed by atoms with Crippen molar-refractivity contribution >= 4 is 28.8 Å². The fourth-order valence-electron chi connectivity index (χ4n) is 5.08. The Morgan fingerprint density at radius 2 is 1.62 bits per heavy atom. The maximum Gasteiger partial charge on any atom is 0.282 e. The number of rotatable bonds is 3. The van der Waals surface area contributed by atoms with Gasteiger partial charge in [0, 0.05) is 18.3 Å². The summed E-state index contributed by atoms with van der Waals surface area (Å²) in [6.45, 7) is 5.56. The van der Waals surface area contributed by atoms with E-state index in [1.165, 1.54) is 10.5 Å². The van der Waals surface area contributed by atoms with Crippen molar-refractivity contribution in [3.05, 3.63) is 88.6 Å². The Hall–Kier alpha value is -4.06. The Kier molecular flexibility index (Phi) is 4.69. The molecule has 3 heterocycles. The van der Waals surface area contributed by atoms with Gasteiger partial charge in [0.1, 0.15) is 18.9 Å². The molecule has 3 aromatic rings. The molecule has 0 spiro atoms. The average Bonchev–Trinajstić information content (AvgIpc) is 3.37. The third-order valence-corrected chi connectivity index (χ3v) is 6.65. The molecule has 6 rings (SSSR count). The van der Waals surface area contributed by atoms with Crippen molar-refractivity contribution in [3.8, 4) is 11.5 Å². The molecule has 3 aliphatic rings. The quantitative estimate of drug-likeness (QED) is 0.551. The van der Waals surface area contributed by atoms with Crippen LogP contribution in [0.1, 0.15) is 22.3 Å². The van der Waals surface area contributed by atoms with E-state index in [2.05, 4.69) is 6.07 Å². The van der Waals surface area contributed by atoms with Gasteiger partial charge in [-0.3, -0.25) is 9.59 Å². The van der Waals surface area contributed by atoms with Crippen molar-refractivity contribution in [1.82, 2.24) is 0 Å². The molecule has 3 aromatic carbocycles. The first kappa shape index (κ1) is 20.5. The second kappa shape index (κ2) is 7.76. The number of ether oxygens (including phenoxy) is 2. The van der Waals surface area contributed by atoms with Gasteiger partial charge in [-0.1, -0.05) is 42.0 Å². The van der Waals surface area contributed by atoms with Crippen LogP contribution in [0.25, 0.3) is 5.57 Å². The van der Waals surface area contributed by atoms with Gasteiger partial charge in [-0.25, -0.2) is 4.90 Å². The Bertz CT molecular complexity index is 1390. The molecule has 0 aliphatic carbocycles. The van der Waals surface area contributed by atoms with E-state index in [1.807, 2.05) is 55.1 Å². The maximum atomic E-state index is 14.0. The highest BCUT2D eigenvalue weighted by Crippen LogP contribution is 2.42. The summed E-state index contributed by atoms with van der Waals surface area (Å²) < 4.78 is 11.3. The summed E-state index contributed by atoms with van der Waals surface area (Å²) in [5, 5.41) is 0. The number of amides is 2. The van der Waals surface area contributed by atoms with Crippen LogP contribution >= 0.6 is 0 Å². The van der Waals surface area contributed by atoms with Crippen molar-refractivity contribution in [1.29, 1.82) is 0 Å². The molecule has 0 fully saturated rings. The van der Waals surface area contributed by atoms with E-state index < -0.39 is 0 Å². The van der Waals surface area contributed by atoms with Crippen LogP contribution in [0, 0.1) is 13.8 Å². The van der Waals surface area contributed by atoms with Crippen molar-refractivity contribution in [3.63, 3.8) is 0 Å². The first-order valence-electron chi connectivity index (χ1n) is 11.5. The summed E-state index contributed by atoms with van der Waals surface area (Å²) >= 11 is 0. The number of hydrogen-bond acceptors (Lipinski definition) is 5. The molecule has 0 atom stereocenters. The molecule has 2 amide bonds. The molecule has 0 aromatic heterocycles. The zero-order valence-electron chi connectivity index (χ0n) is 19.1. The third-order valence-electron chi connectivity index (χ3n) is 6.65. The number of hydrogen-bond donors (Lipinski definition) is 0. The van der Waals surface area contributed by atoms with Crippen molar-refractivity contribution in [2.24, 2.45) is 0 Å². The van der Waals surface area contributed by atoms with Crippen molar-refractivity contribution < 1.29 is 19.1 Å². The van der Waals surface area contributed by atoms with Gasteiger partial charge in [-0.15, -0.1) is 0 Å². The number of nitrogens with zero attached hydrogens (tertiary/aromatic N) is 2. The van der Waals surface area contributed by atoms with Gasteiger partial charge in [-0.2, -0.15) is 0 Å². The number of carbonyl (C=O) groups excluding carboxylic acids is 2. The van der Waals surface area contributed by atoms with E-state index >= 15 is 0 Å². The number of anilines is 2. The van der Waals surface area contributed by atoms with Crippen LogP contribution in [0.4, 0.5) is 11.4 Å². The molecule has 34 heavy (non-hydrogen) atoms. The first-order chi connectivity index (χ1) is 16.5. The highest BCUT2D eigenvalue weighted by atomic mass is 16.6. The lowest BCUT2D eigenvalue weighted by Crippen LogP contribution is -2.35. The molecule has 6 heteroatoms. The highest BCUT2D eigenvalue weighted by molar-refractivity contribution is 6.46. The lowest BCUT2D eigenvalue weighted by molar-refractivity contribution is -0.120. The summed E-state index contributed by atoms with van der Waals surface area (Å²) in [5.74, 6) is 0.504. The molecule has 0 saturated carbocycles. The van der Waals surface area contributed by atoms with Crippen LogP contribution in [0.3, 0.4) is 0 Å². The Balaban J connectivity index is 1.51. The second-order valence-corrected chi connectivity index (χ2v) is 8.85. The van der Waals surface area contributed by atoms with Crippen molar-refractivity contribution in [2.45, 2.75) is 20.3 Å². The first-order valence-corrected chi connectivity index (χ1v) is 11.5. The molecule has 0 N–H and O–H groups in total. The lowest BCUT2D eigenvalue weighted by atomic mass is 9.97. The van der Waals surface area contributed by atoms with Crippen molar-refractivity contribution in [2.75, 3.05) is 29.6 Å². The molecule has 6 nitrogen and oxygen atoms in total. The molecule has 0 saturated heterocycles. The van der Waals surface area contributed by atoms with E-state index in [1.54, 1.807) is 18.2 Å². The van der Waals surface area contributed by atoms with Gasteiger partial charge in [-0.05, 0) is 55.2 Å². The zero-order valence-corrected chi connectivity index (χ0v) is 19.1. The van der Waals surface area contributed by atoms with E-state index in [9.17, 15) is 9.59 Å². The third kappa shape index (κ3) is 3.10. The molecular weight excluding hydrogens is 428 g/mol. The normalized spacial score (nSPS) is 17.0. The molecule has 3 aliphatic heterocycles. The standard InChI is InChI=1S/C28H24N2O4/c1-17-7-9-21(18(2)15-17)25-26(29-12-11-19-5-3-4-6-22(19)29)28(32)30(27(25)31)20-8-10-23-24(16-20)34-14-13-33-23/h3-10,15-16H,11-14H2,1-2H3. The minimum atomic E-state index is -0.326. The largest absolute Gasteiger partial charge is 0.486 e. The van der Waals surface area contributed by atoms with E-state index in [0.29, 0.717) is 48.2 Å². The number of imide groups is 1. The Morgan fingerprint density at radius 1 is 0.824 bits per heavy atom. The molecule has 0 radical (unpaired) electrons. The summed E-state index contributed by atoms with van der Waals surface area (Å²) in [7, 11) is 0. The van der Waals surface area contributed by atoms with Gasteiger partial charge in [0.05, 0.1) is 11.3 Å².